The van der Waals surface area contributed by atoms with Crippen molar-refractivity contribution in [3.63, 3.8) is 0 Å². The number of nitrogens with zero attached hydrogens (tertiary/aromatic N) is 2. The van der Waals surface area contributed by atoms with E-state index in [2.05, 4.69) is 29.0 Å². The Morgan fingerprint density at radius 3 is 2.95 bits per heavy atom. The number of primary amides is 1. The van der Waals surface area contributed by atoms with Gasteiger partial charge in [-0.3, -0.25) is 4.79 Å². The van der Waals surface area contributed by atoms with Crippen LogP contribution < -0.4 is 16.0 Å². The van der Waals surface area contributed by atoms with Crippen LogP contribution in [0.25, 0.3) is 0 Å². The number of hydrogen-bond acceptors (Lipinski definition) is 4. The van der Waals surface area contributed by atoms with E-state index >= 15 is 0 Å². The third kappa shape index (κ3) is 3.93. The second-order valence-electron chi connectivity index (χ2n) is 5.79. The molecule has 1 aliphatic heterocycles. The van der Waals surface area contributed by atoms with Crippen LogP contribution in [0.3, 0.4) is 0 Å². The van der Waals surface area contributed by atoms with Gasteiger partial charge in [0.15, 0.2) is 0 Å². The van der Waals surface area contributed by atoms with Crippen LogP contribution in [0, 0.1) is 5.92 Å². The third-order valence-corrected chi connectivity index (χ3v) is 3.69. The van der Waals surface area contributed by atoms with Gasteiger partial charge in [-0.25, -0.2) is 4.98 Å². The molecule has 5 nitrogen and oxygen atoms in total. The normalized spacial score (nSPS) is 19.4. The average molecular weight is 276 g/mol. The number of piperidine rings is 1. The zero-order valence-corrected chi connectivity index (χ0v) is 12.3. The molecule has 0 spiro atoms. The molecule has 0 saturated carbocycles. The largest absolute Gasteiger partial charge is 0.366 e. The van der Waals surface area contributed by atoms with Gasteiger partial charge in [0.2, 0.25) is 5.91 Å². The molecule has 1 aromatic rings. The second kappa shape index (κ2) is 6.70. The van der Waals surface area contributed by atoms with Crippen molar-refractivity contribution in [2.45, 2.75) is 32.7 Å². The van der Waals surface area contributed by atoms with Crippen molar-refractivity contribution in [1.82, 2.24) is 10.3 Å². The number of rotatable bonds is 5. The number of nitrogens with two attached hydrogens (primary N) is 1. The molecular weight excluding hydrogens is 252 g/mol. The van der Waals surface area contributed by atoms with Crippen molar-refractivity contribution in [3.8, 4) is 0 Å². The first kappa shape index (κ1) is 14.8. The van der Waals surface area contributed by atoms with Gasteiger partial charge in [0, 0.05) is 25.3 Å². The molecule has 0 aliphatic carbocycles. The van der Waals surface area contributed by atoms with Gasteiger partial charge in [0.05, 0.1) is 5.56 Å². The van der Waals surface area contributed by atoms with Crippen molar-refractivity contribution >= 4 is 11.7 Å². The highest BCUT2D eigenvalue weighted by molar-refractivity contribution is 5.92. The summed E-state index contributed by atoms with van der Waals surface area (Å²) in [4.78, 5) is 17.7. The summed E-state index contributed by atoms with van der Waals surface area (Å²) in [5.41, 5.74) is 5.69. The summed E-state index contributed by atoms with van der Waals surface area (Å²) in [6.07, 6.45) is 4.01. The molecular formula is C15H24N4O. The van der Waals surface area contributed by atoms with Crippen LogP contribution in [0.2, 0.25) is 0 Å². The van der Waals surface area contributed by atoms with Gasteiger partial charge in [0.1, 0.15) is 5.82 Å². The van der Waals surface area contributed by atoms with Crippen molar-refractivity contribution in [2.24, 2.45) is 11.7 Å². The van der Waals surface area contributed by atoms with Gasteiger partial charge in [-0.1, -0.05) is 13.8 Å². The fraction of sp³-hybridized carbons (Fsp3) is 0.600. The molecule has 2 heterocycles. The molecule has 0 bridgehead atoms. The Kier molecular flexibility index (Phi) is 4.95. The van der Waals surface area contributed by atoms with Crippen molar-refractivity contribution in [1.29, 1.82) is 0 Å². The van der Waals surface area contributed by atoms with E-state index in [1.165, 1.54) is 12.8 Å². The number of carbonyl (C=O) groups excluding carboxylic acids is 1. The first-order valence-corrected chi connectivity index (χ1v) is 7.30. The lowest BCUT2D eigenvalue weighted by Crippen LogP contribution is -2.41. The topological polar surface area (TPSA) is 71.2 Å². The summed E-state index contributed by atoms with van der Waals surface area (Å²) in [6.45, 7) is 7.44. The van der Waals surface area contributed by atoms with E-state index in [9.17, 15) is 4.79 Å². The van der Waals surface area contributed by atoms with Gasteiger partial charge in [-0.2, -0.15) is 0 Å². The highest BCUT2D eigenvalue weighted by atomic mass is 16.1. The number of anilines is 1. The van der Waals surface area contributed by atoms with Crippen LogP contribution in [-0.4, -0.2) is 36.6 Å². The maximum atomic E-state index is 11.0. The molecule has 3 N–H and O–H groups in total. The Balaban J connectivity index is 1.96. The number of hydrogen-bond donors (Lipinski definition) is 2. The predicted octanol–water partition coefficient (Wildman–Crippen LogP) is 1.39. The van der Waals surface area contributed by atoms with E-state index in [4.69, 9.17) is 5.73 Å². The Bertz CT molecular complexity index is 444. The smallest absolute Gasteiger partial charge is 0.250 e. The lowest BCUT2D eigenvalue weighted by Gasteiger charge is -2.34. The standard InChI is InChI=1S/C15H24N4O/c1-11(2)17-8-12-4-3-7-19(10-12)14-6-5-13(9-18-14)15(16)20/h5-6,9,11-12,17H,3-4,7-8,10H2,1-2H3,(H2,16,20). The van der Waals surface area contributed by atoms with Crippen molar-refractivity contribution in [2.75, 3.05) is 24.5 Å². The van der Waals surface area contributed by atoms with Gasteiger partial charge in [-0.15, -0.1) is 0 Å². The van der Waals surface area contributed by atoms with Crippen LogP contribution in [0.15, 0.2) is 18.3 Å². The summed E-state index contributed by atoms with van der Waals surface area (Å²) in [5.74, 6) is 1.16. The highest BCUT2D eigenvalue weighted by Crippen LogP contribution is 2.21. The minimum absolute atomic E-state index is 0.429. The molecule has 110 valence electrons. The molecule has 0 aromatic carbocycles. The lowest BCUT2D eigenvalue weighted by molar-refractivity contribution is 0.1000. The van der Waals surface area contributed by atoms with Gasteiger partial charge < -0.3 is 16.0 Å². The zero-order valence-electron chi connectivity index (χ0n) is 12.3. The highest BCUT2D eigenvalue weighted by Gasteiger charge is 2.21. The van der Waals surface area contributed by atoms with Gasteiger partial charge in [-0.05, 0) is 37.4 Å². The molecule has 20 heavy (non-hydrogen) atoms. The summed E-state index contributed by atoms with van der Waals surface area (Å²) < 4.78 is 0. The minimum atomic E-state index is -0.429. The average Bonchev–Trinajstić information content (AvgIpc) is 2.45. The van der Waals surface area contributed by atoms with Crippen molar-refractivity contribution < 1.29 is 4.79 Å². The second-order valence-corrected chi connectivity index (χ2v) is 5.79. The molecule has 1 saturated heterocycles. The lowest BCUT2D eigenvalue weighted by atomic mass is 9.97. The van der Waals surface area contributed by atoms with Crippen LogP contribution >= 0.6 is 0 Å². The first-order valence-electron chi connectivity index (χ1n) is 7.30. The molecule has 1 aromatic heterocycles. The van der Waals surface area contributed by atoms with Crippen molar-refractivity contribution in [3.05, 3.63) is 23.9 Å². The number of aromatic nitrogens is 1. The Labute approximate surface area is 120 Å². The van der Waals surface area contributed by atoms with Crippen LogP contribution in [0.4, 0.5) is 5.82 Å². The third-order valence-electron chi connectivity index (χ3n) is 3.69. The summed E-state index contributed by atoms with van der Waals surface area (Å²) in [7, 11) is 0. The van der Waals surface area contributed by atoms with Gasteiger partial charge >= 0.3 is 0 Å². The van der Waals surface area contributed by atoms with E-state index in [-0.39, 0.29) is 0 Å². The molecule has 1 aliphatic rings. The number of carbonyl (C=O) groups is 1. The summed E-state index contributed by atoms with van der Waals surface area (Å²) in [5, 5.41) is 3.50. The molecule has 1 atom stereocenters. The molecule has 1 unspecified atom stereocenters. The first-order chi connectivity index (χ1) is 9.56. The quantitative estimate of drug-likeness (QED) is 0.852. The summed E-state index contributed by atoms with van der Waals surface area (Å²) in [6, 6.07) is 4.16. The molecule has 2 rings (SSSR count). The number of pyridine rings is 1. The van der Waals surface area contributed by atoms with E-state index < -0.39 is 5.91 Å². The minimum Gasteiger partial charge on any atom is -0.366 e. The number of amides is 1. The van der Waals surface area contributed by atoms with E-state index in [0.29, 0.717) is 17.5 Å². The fourth-order valence-corrected chi connectivity index (χ4v) is 2.56. The van der Waals surface area contributed by atoms with E-state index in [1.54, 1.807) is 12.3 Å². The fourth-order valence-electron chi connectivity index (χ4n) is 2.56. The Morgan fingerprint density at radius 1 is 1.55 bits per heavy atom. The molecule has 1 amide bonds. The monoisotopic (exact) mass is 276 g/mol. The zero-order chi connectivity index (χ0) is 14.5. The van der Waals surface area contributed by atoms with Gasteiger partial charge in [0.25, 0.3) is 0 Å². The van der Waals surface area contributed by atoms with Crippen LogP contribution in [0.5, 0.6) is 0 Å². The molecule has 0 radical (unpaired) electrons. The molecule has 5 heteroatoms. The molecule has 1 fully saturated rings. The van der Waals surface area contributed by atoms with E-state index in [0.717, 1.165) is 25.5 Å². The summed E-state index contributed by atoms with van der Waals surface area (Å²) >= 11 is 0. The number of nitrogens with one attached hydrogen (secondary N) is 1. The van der Waals surface area contributed by atoms with E-state index in [1.807, 2.05) is 6.07 Å². The Hall–Kier alpha value is -1.62. The maximum absolute atomic E-state index is 11.0. The Morgan fingerprint density at radius 2 is 2.35 bits per heavy atom. The van der Waals surface area contributed by atoms with Crippen LogP contribution in [0.1, 0.15) is 37.0 Å². The predicted molar refractivity (Wildman–Crippen MR) is 80.8 cm³/mol. The van der Waals surface area contributed by atoms with Crippen LogP contribution in [-0.2, 0) is 0 Å². The SMILES string of the molecule is CC(C)NCC1CCCN(c2ccc(C(N)=O)cn2)C1. The maximum Gasteiger partial charge on any atom is 0.250 e.